The molecule has 33 heavy (non-hydrogen) atoms. The summed E-state index contributed by atoms with van der Waals surface area (Å²) in [4.78, 5) is 27.3. The van der Waals surface area contributed by atoms with Crippen molar-refractivity contribution in [2.45, 2.75) is 25.4 Å². The summed E-state index contributed by atoms with van der Waals surface area (Å²) in [7, 11) is 1.95. The molecule has 2 N–H and O–H groups in total. The lowest BCUT2D eigenvalue weighted by Crippen LogP contribution is -2.39. The van der Waals surface area contributed by atoms with E-state index >= 15 is 0 Å². The predicted molar refractivity (Wildman–Crippen MR) is 127 cm³/mol. The number of nitrogens with one attached hydrogen (secondary N) is 1. The van der Waals surface area contributed by atoms with Crippen LogP contribution in [0.25, 0.3) is 0 Å². The highest BCUT2D eigenvalue weighted by molar-refractivity contribution is 5.92. The molecule has 0 unspecified atom stereocenters. The molecule has 8 heteroatoms. The van der Waals surface area contributed by atoms with E-state index in [9.17, 15) is 9.59 Å². The van der Waals surface area contributed by atoms with Crippen LogP contribution < -0.4 is 10.1 Å². The van der Waals surface area contributed by atoms with Crippen LogP contribution in [0.3, 0.4) is 0 Å². The van der Waals surface area contributed by atoms with E-state index in [1.54, 1.807) is 0 Å². The molecule has 2 aromatic carbocycles. The minimum Gasteiger partial charge on any atom is -0.480 e. The maximum Gasteiger partial charge on any atom is 0.329 e. The van der Waals surface area contributed by atoms with Gasteiger partial charge in [-0.05, 0) is 75.8 Å². The van der Waals surface area contributed by atoms with Gasteiger partial charge in [-0.25, -0.2) is 4.79 Å². The van der Waals surface area contributed by atoms with Crippen molar-refractivity contribution in [2.75, 3.05) is 51.7 Å². The Morgan fingerprint density at radius 1 is 1.06 bits per heavy atom. The zero-order chi connectivity index (χ0) is 23.5. The van der Waals surface area contributed by atoms with Gasteiger partial charge in [0.2, 0.25) is 5.91 Å². The van der Waals surface area contributed by atoms with E-state index in [0.717, 1.165) is 56.9 Å². The number of carbonyl (C=O) groups excluding carboxylic acids is 1. The molecule has 178 valence electrons. The standard InChI is InChI=1S/C25H33N3O5/c1-27(14-5-15-28-16-12-21(13-17-28)32-19-25(30)31)18-24(29)26-20-8-10-23(11-9-20)33-22-6-3-2-4-7-22/h2-4,6-11,21H,5,12-19H2,1H3,(H,26,29)(H,30,31). The molecule has 1 aliphatic heterocycles. The number of piperidine rings is 1. The van der Waals surface area contributed by atoms with E-state index in [2.05, 4.69) is 10.2 Å². The number of amides is 1. The van der Waals surface area contributed by atoms with Crippen LogP contribution in [-0.4, -0.2) is 79.3 Å². The summed E-state index contributed by atoms with van der Waals surface area (Å²) in [6.07, 6.45) is 2.74. The Balaban J connectivity index is 1.29. The largest absolute Gasteiger partial charge is 0.480 e. The van der Waals surface area contributed by atoms with Gasteiger partial charge in [0.25, 0.3) is 0 Å². The third-order valence-corrected chi connectivity index (χ3v) is 5.52. The normalized spacial score (nSPS) is 14.8. The maximum atomic E-state index is 12.4. The topological polar surface area (TPSA) is 91.3 Å². The molecule has 0 aliphatic carbocycles. The number of ether oxygens (including phenoxy) is 2. The number of carboxylic acid groups (broad SMARTS) is 1. The van der Waals surface area contributed by atoms with Crippen LogP contribution in [0, 0.1) is 0 Å². The van der Waals surface area contributed by atoms with Crippen molar-refractivity contribution in [1.82, 2.24) is 9.80 Å². The van der Waals surface area contributed by atoms with Gasteiger partial charge in [-0.3, -0.25) is 9.69 Å². The monoisotopic (exact) mass is 455 g/mol. The number of para-hydroxylation sites is 1. The van der Waals surface area contributed by atoms with Crippen LogP contribution in [0.5, 0.6) is 11.5 Å². The van der Waals surface area contributed by atoms with Crippen molar-refractivity contribution in [2.24, 2.45) is 0 Å². The van der Waals surface area contributed by atoms with Gasteiger partial charge in [0.15, 0.2) is 0 Å². The second-order valence-electron chi connectivity index (χ2n) is 8.32. The summed E-state index contributed by atoms with van der Waals surface area (Å²) in [5.41, 5.74) is 0.738. The minimum absolute atomic E-state index is 0.0442. The van der Waals surface area contributed by atoms with Gasteiger partial charge in [-0.2, -0.15) is 0 Å². The van der Waals surface area contributed by atoms with Crippen LogP contribution in [0.4, 0.5) is 5.69 Å². The van der Waals surface area contributed by atoms with Gasteiger partial charge in [0.05, 0.1) is 12.6 Å². The molecular weight excluding hydrogens is 422 g/mol. The van der Waals surface area contributed by atoms with Gasteiger partial charge in [0.1, 0.15) is 18.1 Å². The highest BCUT2D eigenvalue weighted by Crippen LogP contribution is 2.22. The number of carboxylic acids is 1. The first-order valence-electron chi connectivity index (χ1n) is 11.3. The molecule has 8 nitrogen and oxygen atoms in total. The zero-order valence-electron chi connectivity index (χ0n) is 19.1. The molecule has 2 aromatic rings. The number of hydrogen-bond donors (Lipinski definition) is 2. The number of nitrogens with zero attached hydrogens (tertiary/aromatic N) is 2. The quantitative estimate of drug-likeness (QED) is 0.507. The Bertz CT molecular complexity index is 867. The first kappa shape index (κ1) is 24.7. The first-order chi connectivity index (χ1) is 16.0. The van der Waals surface area contributed by atoms with Crippen LogP contribution in [0.15, 0.2) is 54.6 Å². The molecule has 0 saturated carbocycles. The highest BCUT2D eigenvalue weighted by atomic mass is 16.5. The van der Waals surface area contributed by atoms with E-state index in [1.807, 2.05) is 66.5 Å². The first-order valence-corrected chi connectivity index (χ1v) is 11.3. The molecule has 0 bridgehead atoms. The number of likely N-dealkylation sites (N-methyl/N-ethyl adjacent to an activating group) is 1. The van der Waals surface area contributed by atoms with Gasteiger partial charge < -0.3 is 24.8 Å². The summed E-state index contributed by atoms with van der Waals surface area (Å²) < 4.78 is 11.1. The summed E-state index contributed by atoms with van der Waals surface area (Å²) in [5.74, 6) is 0.518. The Kier molecular flexibility index (Phi) is 9.68. The fourth-order valence-corrected chi connectivity index (χ4v) is 3.81. The molecule has 0 atom stereocenters. The second-order valence-corrected chi connectivity index (χ2v) is 8.32. The zero-order valence-corrected chi connectivity index (χ0v) is 19.1. The molecule has 1 amide bonds. The van der Waals surface area contributed by atoms with Gasteiger partial charge in [-0.15, -0.1) is 0 Å². The van der Waals surface area contributed by atoms with Crippen molar-refractivity contribution in [3.63, 3.8) is 0 Å². The molecule has 1 heterocycles. The van der Waals surface area contributed by atoms with Crippen molar-refractivity contribution >= 4 is 17.6 Å². The molecule has 1 aliphatic rings. The minimum atomic E-state index is -0.918. The number of aliphatic carboxylic acids is 1. The Morgan fingerprint density at radius 3 is 2.39 bits per heavy atom. The van der Waals surface area contributed by atoms with E-state index < -0.39 is 5.97 Å². The Morgan fingerprint density at radius 2 is 1.73 bits per heavy atom. The fraction of sp³-hybridized carbons (Fsp3) is 0.440. The number of carbonyl (C=O) groups is 2. The van der Waals surface area contributed by atoms with Crippen LogP contribution >= 0.6 is 0 Å². The summed E-state index contributed by atoms with van der Waals surface area (Å²) >= 11 is 0. The lowest BCUT2D eigenvalue weighted by molar-refractivity contribution is -0.145. The van der Waals surface area contributed by atoms with Crippen LogP contribution in [0.2, 0.25) is 0 Å². The maximum absolute atomic E-state index is 12.4. The fourth-order valence-electron chi connectivity index (χ4n) is 3.81. The highest BCUT2D eigenvalue weighted by Gasteiger charge is 2.20. The third kappa shape index (κ3) is 9.21. The smallest absolute Gasteiger partial charge is 0.329 e. The van der Waals surface area contributed by atoms with Gasteiger partial charge in [0, 0.05) is 18.8 Å². The predicted octanol–water partition coefficient (Wildman–Crippen LogP) is 3.30. The van der Waals surface area contributed by atoms with E-state index in [0.29, 0.717) is 12.3 Å². The van der Waals surface area contributed by atoms with Crippen molar-refractivity contribution in [3.05, 3.63) is 54.6 Å². The van der Waals surface area contributed by atoms with Crippen molar-refractivity contribution in [3.8, 4) is 11.5 Å². The molecule has 0 aromatic heterocycles. The van der Waals surface area contributed by atoms with Gasteiger partial charge >= 0.3 is 5.97 Å². The third-order valence-electron chi connectivity index (χ3n) is 5.52. The summed E-state index contributed by atoms with van der Waals surface area (Å²) in [6, 6.07) is 16.9. The Hall–Kier alpha value is -2.94. The summed E-state index contributed by atoms with van der Waals surface area (Å²) in [5, 5.41) is 11.6. The van der Waals surface area contributed by atoms with E-state index in [1.165, 1.54) is 0 Å². The average Bonchev–Trinajstić information content (AvgIpc) is 2.80. The second kappa shape index (κ2) is 12.9. The molecule has 1 saturated heterocycles. The molecule has 0 radical (unpaired) electrons. The summed E-state index contributed by atoms with van der Waals surface area (Å²) in [6.45, 7) is 3.72. The van der Waals surface area contributed by atoms with Crippen molar-refractivity contribution in [1.29, 1.82) is 0 Å². The lowest BCUT2D eigenvalue weighted by Gasteiger charge is -2.31. The number of hydrogen-bond acceptors (Lipinski definition) is 6. The van der Waals surface area contributed by atoms with E-state index in [-0.39, 0.29) is 18.6 Å². The average molecular weight is 456 g/mol. The van der Waals surface area contributed by atoms with E-state index in [4.69, 9.17) is 14.6 Å². The molecule has 3 rings (SSSR count). The Labute approximate surface area is 195 Å². The number of rotatable bonds is 12. The number of anilines is 1. The SMILES string of the molecule is CN(CCCN1CCC(OCC(=O)O)CC1)CC(=O)Nc1ccc(Oc2ccccc2)cc1. The van der Waals surface area contributed by atoms with Crippen LogP contribution in [0.1, 0.15) is 19.3 Å². The van der Waals surface area contributed by atoms with Crippen molar-refractivity contribution < 1.29 is 24.2 Å². The van der Waals surface area contributed by atoms with Gasteiger partial charge in [-0.1, -0.05) is 18.2 Å². The molecule has 0 spiro atoms. The number of likely N-dealkylation sites (tertiary alicyclic amines) is 1. The van der Waals surface area contributed by atoms with Crippen LogP contribution in [-0.2, 0) is 14.3 Å². The number of benzene rings is 2. The molecule has 1 fully saturated rings. The molecular formula is C25H33N3O5. The lowest BCUT2D eigenvalue weighted by atomic mass is 10.1.